The van der Waals surface area contributed by atoms with E-state index in [-0.39, 0.29) is 0 Å². The van der Waals surface area contributed by atoms with Crippen molar-refractivity contribution in [1.82, 2.24) is 0 Å². The van der Waals surface area contributed by atoms with E-state index in [9.17, 15) is 0 Å². The number of hydrogen-bond donors (Lipinski definition) is 0. The number of hydrogen-bond acceptors (Lipinski definition) is 0. The molecular weight excluding hydrogens is 228 g/mol. The lowest BCUT2D eigenvalue weighted by atomic mass is 9.91. The standard InChI is InChI=1S/C19H32/c1-14(2)11-18(15(3)4)9-7-8-10-19-13-16(5)12-17(19)6/h11,17,19H,5,7-10,12-13H2,1-4,6H3. The zero-order valence-electron chi connectivity index (χ0n) is 13.7. The molecule has 19 heavy (non-hydrogen) atoms. The van der Waals surface area contributed by atoms with Gasteiger partial charge >= 0.3 is 0 Å². The van der Waals surface area contributed by atoms with Gasteiger partial charge in [0.15, 0.2) is 0 Å². The van der Waals surface area contributed by atoms with Crippen molar-refractivity contribution in [2.75, 3.05) is 0 Å². The minimum Gasteiger partial charge on any atom is -0.0998 e. The summed E-state index contributed by atoms with van der Waals surface area (Å²) in [4.78, 5) is 0. The Balaban J connectivity index is 2.32. The van der Waals surface area contributed by atoms with Crippen LogP contribution in [0.15, 0.2) is 34.9 Å². The van der Waals surface area contributed by atoms with Gasteiger partial charge in [-0.15, -0.1) is 0 Å². The van der Waals surface area contributed by atoms with Crippen molar-refractivity contribution in [3.8, 4) is 0 Å². The van der Waals surface area contributed by atoms with Crippen LogP contribution in [0.4, 0.5) is 0 Å². The maximum atomic E-state index is 4.15. The third-order valence-electron chi connectivity index (χ3n) is 4.34. The lowest BCUT2D eigenvalue weighted by Gasteiger charge is -2.14. The summed E-state index contributed by atoms with van der Waals surface area (Å²) in [5, 5.41) is 0. The molecule has 0 heterocycles. The van der Waals surface area contributed by atoms with Gasteiger partial charge in [0.1, 0.15) is 0 Å². The van der Waals surface area contributed by atoms with E-state index in [0.29, 0.717) is 0 Å². The number of allylic oxidation sites excluding steroid dienone is 5. The van der Waals surface area contributed by atoms with Gasteiger partial charge in [-0.3, -0.25) is 0 Å². The molecule has 0 saturated heterocycles. The molecule has 0 bridgehead atoms. The van der Waals surface area contributed by atoms with Gasteiger partial charge < -0.3 is 0 Å². The maximum Gasteiger partial charge on any atom is -0.0280 e. The fourth-order valence-electron chi connectivity index (χ4n) is 3.20. The largest absolute Gasteiger partial charge is 0.0998 e. The predicted octanol–water partition coefficient (Wildman–Crippen LogP) is 6.45. The highest BCUT2D eigenvalue weighted by Crippen LogP contribution is 2.37. The molecule has 0 amide bonds. The summed E-state index contributed by atoms with van der Waals surface area (Å²) in [6.45, 7) is 15.4. The molecule has 0 N–H and O–H groups in total. The van der Waals surface area contributed by atoms with Crippen molar-refractivity contribution in [2.45, 2.75) is 73.1 Å². The first kappa shape index (κ1) is 16.3. The van der Waals surface area contributed by atoms with Gasteiger partial charge in [0.05, 0.1) is 0 Å². The second-order valence-electron chi connectivity index (χ2n) is 6.89. The first-order valence-corrected chi connectivity index (χ1v) is 7.88. The molecule has 0 heteroatoms. The van der Waals surface area contributed by atoms with Crippen molar-refractivity contribution < 1.29 is 0 Å². The zero-order valence-corrected chi connectivity index (χ0v) is 13.7. The van der Waals surface area contributed by atoms with E-state index in [0.717, 1.165) is 11.8 Å². The van der Waals surface area contributed by atoms with Gasteiger partial charge in [0.2, 0.25) is 0 Å². The summed E-state index contributed by atoms with van der Waals surface area (Å²) in [5.74, 6) is 1.78. The Labute approximate surface area is 120 Å². The summed E-state index contributed by atoms with van der Waals surface area (Å²) in [6, 6.07) is 0. The average Bonchev–Trinajstić information content (AvgIpc) is 2.61. The van der Waals surface area contributed by atoms with Gasteiger partial charge in [-0.05, 0) is 77.2 Å². The smallest absolute Gasteiger partial charge is 0.0280 e. The molecule has 0 aromatic heterocycles. The van der Waals surface area contributed by atoms with Crippen LogP contribution in [0.5, 0.6) is 0 Å². The van der Waals surface area contributed by atoms with Crippen LogP contribution in [0, 0.1) is 11.8 Å². The van der Waals surface area contributed by atoms with Gasteiger partial charge in [0, 0.05) is 0 Å². The van der Waals surface area contributed by atoms with Crippen LogP contribution in [-0.4, -0.2) is 0 Å². The monoisotopic (exact) mass is 260 g/mol. The van der Waals surface area contributed by atoms with Crippen LogP contribution < -0.4 is 0 Å². The highest BCUT2D eigenvalue weighted by atomic mass is 14.3. The topological polar surface area (TPSA) is 0 Å². The Morgan fingerprint density at radius 2 is 1.84 bits per heavy atom. The van der Waals surface area contributed by atoms with Gasteiger partial charge in [0.25, 0.3) is 0 Å². The Kier molecular flexibility index (Phi) is 6.62. The molecule has 1 saturated carbocycles. The predicted molar refractivity (Wildman–Crippen MR) is 87.3 cm³/mol. The van der Waals surface area contributed by atoms with E-state index in [2.05, 4.69) is 47.3 Å². The van der Waals surface area contributed by atoms with E-state index >= 15 is 0 Å². The second-order valence-corrected chi connectivity index (χ2v) is 6.89. The van der Waals surface area contributed by atoms with Crippen LogP contribution in [0.2, 0.25) is 0 Å². The molecule has 108 valence electrons. The van der Waals surface area contributed by atoms with Crippen LogP contribution >= 0.6 is 0 Å². The molecule has 0 nitrogen and oxygen atoms in total. The normalized spacial score (nSPS) is 22.5. The Morgan fingerprint density at radius 3 is 2.32 bits per heavy atom. The van der Waals surface area contributed by atoms with E-state index in [1.165, 1.54) is 55.2 Å². The first-order valence-electron chi connectivity index (χ1n) is 7.88. The molecule has 2 unspecified atom stereocenters. The highest BCUT2D eigenvalue weighted by molar-refractivity contribution is 5.25. The SMILES string of the molecule is C=C1CC(C)C(CCCCC(C=C(C)C)=C(C)C)C1. The van der Waals surface area contributed by atoms with Gasteiger partial charge in [-0.2, -0.15) is 0 Å². The van der Waals surface area contributed by atoms with E-state index in [1.54, 1.807) is 5.57 Å². The second kappa shape index (κ2) is 7.72. The molecule has 1 aliphatic rings. The first-order chi connectivity index (χ1) is 8.90. The number of unbranched alkanes of at least 4 members (excludes halogenated alkanes) is 1. The summed E-state index contributed by atoms with van der Waals surface area (Å²) in [6.07, 6.45) is 10.2. The Bertz CT molecular complexity index is 359. The molecule has 0 aromatic carbocycles. The summed E-state index contributed by atoms with van der Waals surface area (Å²) in [7, 11) is 0. The Morgan fingerprint density at radius 1 is 1.16 bits per heavy atom. The third-order valence-corrected chi connectivity index (χ3v) is 4.34. The molecule has 1 aliphatic carbocycles. The van der Waals surface area contributed by atoms with Gasteiger partial charge in [-0.25, -0.2) is 0 Å². The minimum absolute atomic E-state index is 0.869. The number of rotatable bonds is 6. The average molecular weight is 260 g/mol. The third kappa shape index (κ3) is 5.80. The fraction of sp³-hybridized carbons (Fsp3) is 0.684. The van der Waals surface area contributed by atoms with E-state index in [4.69, 9.17) is 0 Å². The molecule has 0 radical (unpaired) electrons. The molecular formula is C19H32. The van der Waals surface area contributed by atoms with Crippen molar-refractivity contribution in [3.63, 3.8) is 0 Å². The van der Waals surface area contributed by atoms with E-state index in [1.807, 2.05) is 0 Å². The summed E-state index contributed by atoms with van der Waals surface area (Å²) in [5.41, 5.74) is 5.91. The lowest BCUT2D eigenvalue weighted by Crippen LogP contribution is -2.03. The van der Waals surface area contributed by atoms with Crippen molar-refractivity contribution in [2.24, 2.45) is 11.8 Å². The molecule has 0 aromatic rings. The van der Waals surface area contributed by atoms with Crippen molar-refractivity contribution >= 4 is 0 Å². The van der Waals surface area contributed by atoms with E-state index < -0.39 is 0 Å². The van der Waals surface area contributed by atoms with Crippen molar-refractivity contribution in [3.05, 3.63) is 34.9 Å². The zero-order chi connectivity index (χ0) is 14.4. The highest BCUT2D eigenvalue weighted by Gasteiger charge is 2.24. The molecule has 2 atom stereocenters. The quantitative estimate of drug-likeness (QED) is 0.292. The summed E-state index contributed by atoms with van der Waals surface area (Å²) < 4.78 is 0. The van der Waals surface area contributed by atoms with Crippen LogP contribution in [0.1, 0.15) is 73.1 Å². The Hall–Kier alpha value is -0.780. The van der Waals surface area contributed by atoms with Crippen LogP contribution in [-0.2, 0) is 0 Å². The fourth-order valence-corrected chi connectivity index (χ4v) is 3.20. The molecule has 1 fully saturated rings. The van der Waals surface area contributed by atoms with Crippen molar-refractivity contribution in [1.29, 1.82) is 0 Å². The maximum absolute atomic E-state index is 4.15. The lowest BCUT2D eigenvalue weighted by molar-refractivity contribution is 0.378. The minimum atomic E-state index is 0.869. The van der Waals surface area contributed by atoms with Crippen LogP contribution in [0.25, 0.3) is 0 Å². The summed E-state index contributed by atoms with van der Waals surface area (Å²) >= 11 is 0. The van der Waals surface area contributed by atoms with Crippen LogP contribution in [0.3, 0.4) is 0 Å². The van der Waals surface area contributed by atoms with Gasteiger partial charge in [-0.1, -0.05) is 42.7 Å². The molecule has 1 rings (SSSR count). The molecule has 0 aliphatic heterocycles. The molecule has 0 spiro atoms.